The summed E-state index contributed by atoms with van der Waals surface area (Å²) < 4.78 is 72.6. The Morgan fingerprint density at radius 2 is 1.78 bits per heavy atom. The molecule has 2 unspecified atom stereocenters. The van der Waals surface area contributed by atoms with Gasteiger partial charge in [0, 0.05) is 52.0 Å². The van der Waals surface area contributed by atoms with Crippen LogP contribution in [-0.4, -0.2) is 120 Å². The smallest absolute Gasteiger partial charge is 0.329 e. The molecule has 4 aromatic heterocycles. The van der Waals surface area contributed by atoms with Crippen molar-refractivity contribution in [2.75, 3.05) is 54.9 Å². The van der Waals surface area contributed by atoms with E-state index in [-0.39, 0.29) is 60.3 Å². The van der Waals surface area contributed by atoms with E-state index in [0.29, 0.717) is 74.4 Å². The molecule has 21 heteroatoms. The number of anilines is 3. The largest absolute Gasteiger partial charge is 0.372 e. The molecule has 2 N–H and O–H groups in total. The van der Waals surface area contributed by atoms with Gasteiger partial charge in [0.05, 0.1) is 59.4 Å². The fourth-order valence-electron chi connectivity index (χ4n) is 10.3. The van der Waals surface area contributed by atoms with Crippen molar-refractivity contribution in [3.8, 4) is 0 Å². The van der Waals surface area contributed by atoms with Crippen LogP contribution in [0, 0.1) is 5.92 Å². The Balaban J connectivity index is 0.827. The van der Waals surface area contributed by atoms with Gasteiger partial charge in [-0.3, -0.25) is 38.4 Å². The summed E-state index contributed by atoms with van der Waals surface area (Å²) in [6.45, 7) is 5.35. The van der Waals surface area contributed by atoms with Crippen molar-refractivity contribution < 1.29 is 36.7 Å². The van der Waals surface area contributed by atoms with Crippen LogP contribution in [0.3, 0.4) is 0 Å². The molecule has 3 aliphatic heterocycles. The van der Waals surface area contributed by atoms with Gasteiger partial charge in [-0.05, 0) is 83.5 Å². The molecule has 1 aliphatic carbocycles. The number of nitrogens with zero attached hydrogens (tertiary/aromatic N) is 10. The average Bonchev–Trinajstić information content (AvgIpc) is 3.94. The van der Waals surface area contributed by atoms with Gasteiger partial charge in [0.25, 0.3) is 18.3 Å². The van der Waals surface area contributed by atoms with Gasteiger partial charge in [0.1, 0.15) is 17.4 Å². The van der Waals surface area contributed by atoms with Crippen LogP contribution in [0.2, 0.25) is 0 Å². The van der Waals surface area contributed by atoms with E-state index >= 15 is 8.78 Å². The number of benzene rings is 1. The Morgan fingerprint density at radius 3 is 2.48 bits per heavy atom. The Kier molecular flexibility index (Phi) is 11.5. The number of imide groups is 1. The van der Waals surface area contributed by atoms with Crippen LogP contribution in [0.5, 0.6) is 0 Å². The number of imidazole rings is 1. The zero-order valence-electron chi connectivity index (χ0n) is 36.1. The number of aryl methyl sites for hydroxylation is 1. The van der Waals surface area contributed by atoms with Crippen LogP contribution in [0.4, 0.5) is 34.8 Å². The van der Waals surface area contributed by atoms with Crippen molar-refractivity contribution in [3.63, 3.8) is 0 Å². The lowest BCUT2D eigenvalue weighted by atomic mass is 9.85. The summed E-state index contributed by atoms with van der Waals surface area (Å²) in [4.78, 5) is 61.7. The summed E-state index contributed by atoms with van der Waals surface area (Å²) in [5.41, 5.74) is 0.623. The number of fused-ring (bicyclic) bond motifs is 2. The molecule has 3 amide bonds. The highest BCUT2D eigenvalue weighted by Crippen LogP contribution is 2.39. The molecule has 1 aromatic carbocycles. The molecular weight excluding hydrogens is 841 g/mol. The molecule has 64 heavy (non-hydrogen) atoms. The molecule has 0 radical (unpaired) electrons. The van der Waals surface area contributed by atoms with Crippen molar-refractivity contribution in [2.45, 2.75) is 101 Å². The number of morpholine rings is 1. The number of piperidine rings is 2. The minimum absolute atomic E-state index is 0.00963. The number of aromatic nitrogens is 7. The number of carbonyl (C=O) groups excluding carboxylic acids is 3. The summed E-state index contributed by atoms with van der Waals surface area (Å²) in [7, 11) is 3.27. The second kappa shape index (κ2) is 16.9. The topological polar surface area (TPSA) is 169 Å². The van der Waals surface area contributed by atoms with Gasteiger partial charge in [0.15, 0.2) is 11.3 Å². The number of para-hydroxylation sites is 1. The fourth-order valence-corrected chi connectivity index (χ4v) is 10.3. The minimum Gasteiger partial charge on any atom is -0.372 e. The molecule has 4 atom stereocenters. The standard InChI is InChI=1S/C43H52F4N12O5/c1-24-19-56(20-25(2)64-24)34-15-17-57-39(50-34)28(18-48-57)40(61)49-29-22-58(52-36(29)38(44)45)27-10-8-26(9-11-27)21-53(3)33-14-16-55(23-43(33,46)47)30-6-5-7-31-37(30)54(4)42(63)59(31)32-12-13-35(60)51-41(32)62/h5-7,15,17-18,22,24-27,32-33,38H,8-14,16,19-21,23H2,1-4H3,(H,49,61)(H,51,60,62)/t24-,25-,26-,27-,32?,33?/m0/s1. The predicted octanol–water partition coefficient (Wildman–Crippen LogP) is 4.94. The first-order chi connectivity index (χ1) is 30.6. The molecule has 0 spiro atoms. The van der Waals surface area contributed by atoms with Crippen LogP contribution < -0.4 is 26.1 Å². The van der Waals surface area contributed by atoms with Crippen molar-refractivity contribution in [1.29, 1.82) is 0 Å². The maximum Gasteiger partial charge on any atom is 0.329 e. The van der Waals surface area contributed by atoms with Gasteiger partial charge in [-0.15, -0.1) is 0 Å². The number of halogens is 4. The molecule has 7 heterocycles. The predicted molar refractivity (Wildman–Crippen MR) is 228 cm³/mol. The van der Waals surface area contributed by atoms with Gasteiger partial charge in [-0.1, -0.05) is 6.07 Å². The number of hydrogen-bond donors (Lipinski definition) is 2. The molecule has 1 saturated carbocycles. The highest BCUT2D eigenvalue weighted by molar-refractivity contribution is 6.08. The number of rotatable bonds is 10. The third-order valence-corrected chi connectivity index (χ3v) is 13.3. The second-order valence-corrected chi connectivity index (χ2v) is 17.9. The second-order valence-electron chi connectivity index (χ2n) is 17.9. The molecule has 342 valence electrons. The van der Waals surface area contributed by atoms with E-state index in [1.807, 2.05) is 13.8 Å². The SMILES string of the molecule is C[C@H]1CN(c2ccn3ncc(C(=O)Nc4cn([C@H]5CC[C@H](CN(C)C6CCN(c7cccc8c7n(C)c(=O)n8C7CCC(=O)NC7=O)CC6(F)F)CC5)nc4C(F)F)c3n2)C[C@H](C)O1. The lowest BCUT2D eigenvalue weighted by molar-refractivity contribution is -0.135. The maximum atomic E-state index is 16.2. The van der Waals surface area contributed by atoms with Crippen LogP contribution in [0.1, 0.15) is 93.4 Å². The maximum absolute atomic E-state index is 16.2. The molecule has 17 nitrogen and oxygen atoms in total. The molecule has 9 rings (SSSR count). The van der Waals surface area contributed by atoms with Gasteiger partial charge in [-0.25, -0.2) is 31.9 Å². The normalized spacial score (nSPS) is 25.5. The fraction of sp³-hybridized carbons (Fsp3) is 0.558. The first-order valence-corrected chi connectivity index (χ1v) is 21.9. The van der Waals surface area contributed by atoms with Crippen molar-refractivity contribution >= 4 is 51.6 Å². The van der Waals surface area contributed by atoms with Gasteiger partial charge >= 0.3 is 5.69 Å². The molecule has 4 aliphatic rings. The van der Waals surface area contributed by atoms with E-state index in [9.17, 15) is 28.0 Å². The Morgan fingerprint density at radius 1 is 1.03 bits per heavy atom. The van der Waals surface area contributed by atoms with E-state index in [1.54, 1.807) is 54.4 Å². The van der Waals surface area contributed by atoms with Crippen molar-refractivity contribution in [1.82, 2.24) is 43.7 Å². The Hall–Kier alpha value is -5.83. The quantitative estimate of drug-likeness (QED) is 0.144. The molecule has 3 saturated heterocycles. The molecule has 4 fully saturated rings. The van der Waals surface area contributed by atoms with Crippen LogP contribution >= 0.6 is 0 Å². The zero-order chi connectivity index (χ0) is 45.2. The third kappa shape index (κ3) is 8.11. The number of ether oxygens (including phenoxy) is 1. The first kappa shape index (κ1) is 43.4. The lowest BCUT2D eigenvalue weighted by Crippen LogP contribution is -2.58. The lowest BCUT2D eigenvalue weighted by Gasteiger charge is -2.44. The van der Waals surface area contributed by atoms with Crippen LogP contribution in [0.25, 0.3) is 16.7 Å². The average molecular weight is 893 g/mol. The van der Waals surface area contributed by atoms with Gasteiger partial charge in [0.2, 0.25) is 11.8 Å². The molecule has 5 aromatic rings. The first-order valence-electron chi connectivity index (χ1n) is 21.9. The van der Waals surface area contributed by atoms with E-state index in [2.05, 4.69) is 25.7 Å². The molecular formula is C43H52F4N12O5. The third-order valence-electron chi connectivity index (χ3n) is 13.3. The van der Waals surface area contributed by atoms with E-state index in [4.69, 9.17) is 9.72 Å². The highest BCUT2D eigenvalue weighted by atomic mass is 19.3. The summed E-state index contributed by atoms with van der Waals surface area (Å²) in [5.74, 6) is -4.00. The summed E-state index contributed by atoms with van der Waals surface area (Å²) in [6.07, 6.45) is 4.45. The van der Waals surface area contributed by atoms with E-state index in [0.717, 1.165) is 0 Å². The number of nitrogens with one attached hydrogen (secondary N) is 2. The van der Waals surface area contributed by atoms with E-state index < -0.39 is 60.1 Å². The van der Waals surface area contributed by atoms with Gasteiger partial charge < -0.3 is 19.9 Å². The van der Waals surface area contributed by atoms with Crippen LogP contribution in [0.15, 0.2) is 47.7 Å². The Labute approximate surface area is 365 Å². The summed E-state index contributed by atoms with van der Waals surface area (Å²) in [5, 5.41) is 13.4. The van der Waals surface area contributed by atoms with Gasteiger partial charge in [-0.2, -0.15) is 10.2 Å². The molecule has 0 bridgehead atoms. The number of hydrogen-bond acceptors (Lipinski definition) is 11. The number of alkyl halides is 4. The number of amides is 3. The summed E-state index contributed by atoms with van der Waals surface area (Å²) >= 11 is 0. The zero-order valence-corrected chi connectivity index (χ0v) is 36.1. The highest BCUT2D eigenvalue weighted by Gasteiger charge is 2.47. The van der Waals surface area contributed by atoms with E-state index in [1.165, 1.54) is 30.7 Å². The number of carbonyl (C=O) groups is 3. The summed E-state index contributed by atoms with van der Waals surface area (Å²) in [6, 6.07) is 4.73. The Bertz CT molecular complexity index is 2640. The van der Waals surface area contributed by atoms with Crippen molar-refractivity contribution in [3.05, 3.63) is 64.6 Å². The monoisotopic (exact) mass is 892 g/mol. The van der Waals surface area contributed by atoms with Crippen molar-refractivity contribution in [2.24, 2.45) is 13.0 Å². The minimum atomic E-state index is -3.11. The van der Waals surface area contributed by atoms with Crippen LogP contribution in [-0.2, 0) is 21.4 Å².